The summed E-state index contributed by atoms with van der Waals surface area (Å²) in [4.78, 5) is 17.1. The van der Waals surface area contributed by atoms with E-state index < -0.39 is 0 Å². The second-order valence-corrected chi connectivity index (χ2v) is 6.89. The standard InChI is InChI=1S/C16H24N4O2/c1-18-8-12(7-17-18)9-19-10-13-6-14(15(11-19)22-13)16(21)20-4-2-3-5-20/h7-8,13-15H,2-6,9-11H2,1H3/t13-,14+,15-/m1/s1. The maximum absolute atomic E-state index is 12.7. The van der Waals surface area contributed by atoms with Gasteiger partial charge >= 0.3 is 0 Å². The number of carbonyl (C=O) groups excluding carboxylic acids is 1. The summed E-state index contributed by atoms with van der Waals surface area (Å²) in [6.07, 6.45) is 7.47. The molecule has 0 radical (unpaired) electrons. The van der Waals surface area contributed by atoms with Crippen molar-refractivity contribution in [3.05, 3.63) is 18.0 Å². The van der Waals surface area contributed by atoms with E-state index in [9.17, 15) is 4.79 Å². The Morgan fingerprint density at radius 1 is 1.36 bits per heavy atom. The molecular formula is C16H24N4O2. The summed E-state index contributed by atoms with van der Waals surface area (Å²) in [5, 5.41) is 4.23. The number of carbonyl (C=O) groups is 1. The van der Waals surface area contributed by atoms with E-state index in [1.165, 1.54) is 5.56 Å². The summed E-state index contributed by atoms with van der Waals surface area (Å²) in [7, 11) is 1.94. The van der Waals surface area contributed by atoms with E-state index in [0.29, 0.717) is 5.91 Å². The second kappa shape index (κ2) is 5.66. The van der Waals surface area contributed by atoms with Crippen molar-refractivity contribution in [1.29, 1.82) is 0 Å². The number of amides is 1. The molecule has 0 aromatic carbocycles. The molecule has 3 aliphatic heterocycles. The quantitative estimate of drug-likeness (QED) is 0.822. The van der Waals surface area contributed by atoms with Gasteiger partial charge in [-0.2, -0.15) is 5.10 Å². The zero-order chi connectivity index (χ0) is 15.1. The number of aromatic nitrogens is 2. The molecule has 1 amide bonds. The number of likely N-dealkylation sites (tertiary alicyclic amines) is 2. The molecule has 4 heterocycles. The Morgan fingerprint density at radius 2 is 2.18 bits per heavy atom. The molecule has 0 N–H and O–H groups in total. The molecule has 22 heavy (non-hydrogen) atoms. The topological polar surface area (TPSA) is 50.6 Å². The molecule has 0 saturated carbocycles. The van der Waals surface area contributed by atoms with Crippen LogP contribution in [-0.2, 0) is 23.1 Å². The van der Waals surface area contributed by atoms with Crippen LogP contribution in [0.4, 0.5) is 0 Å². The van der Waals surface area contributed by atoms with Gasteiger partial charge in [-0.1, -0.05) is 0 Å². The zero-order valence-electron chi connectivity index (χ0n) is 13.1. The fraction of sp³-hybridized carbons (Fsp3) is 0.750. The molecule has 0 aliphatic carbocycles. The Bertz CT molecular complexity index is 552. The predicted molar refractivity (Wildman–Crippen MR) is 81.1 cm³/mol. The number of ether oxygens (including phenoxy) is 1. The number of rotatable bonds is 3. The van der Waals surface area contributed by atoms with Crippen LogP contribution in [0.2, 0.25) is 0 Å². The van der Waals surface area contributed by atoms with E-state index >= 15 is 0 Å². The van der Waals surface area contributed by atoms with E-state index in [0.717, 1.165) is 52.0 Å². The van der Waals surface area contributed by atoms with Gasteiger partial charge in [0.2, 0.25) is 5.91 Å². The summed E-state index contributed by atoms with van der Waals surface area (Å²) < 4.78 is 7.89. The summed E-state index contributed by atoms with van der Waals surface area (Å²) >= 11 is 0. The third-order valence-electron chi connectivity index (χ3n) is 5.13. The number of hydrogen-bond acceptors (Lipinski definition) is 4. The van der Waals surface area contributed by atoms with Crippen molar-refractivity contribution in [3.8, 4) is 0 Å². The Kier molecular flexibility index (Phi) is 3.66. The van der Waals surface area contributed by atoms with Gasteiger partial charge < -0.3 is 9.64 Å². The van der Waals surface area contributed by atoms with E-state index in [-0.39, 0.29) is 18.1 Å². The summed E-state index contributed by atoms with van der Waals surface area (Å²) in [5.74, 6) is 0.398. The van der Waals surface area contributed by atoms with E-state index in [4.69, 9.17) is 4.74 Å². The van der Waals surface area contributed by atoms with Crippen molar-refractivity contribution in [3.63, 3.8) is 0 Å². The molecule has 3 fully saturated rings. The van der Waals surface area contributed by atoms with Crippen LogP contribution in [0.5, 0.6) is 0 Å². The number of aryl methyl sites for hydroxylation is 1. The summed E-state index contributed by atoms with van der Waals surface area (Å²) in [5.41, 5.74) is 1.23. The van der Waals surface area contributed by atoms with Gasteiger partial charge in [0.15, 0.2) is 0 Å². The van der Waals surface area contributed by atoms with Crippen LogP contribution in [0.3, 0.4) is 0 Å². The molecule has 3 atom stereocenters. The van der Waals surface area contributed by atoms with Gasteiger partial charge in [0.05, 0.1) is 24.3 Å². The first-order chi connectivity index (χ1) is 10.7. The van der Waals surface area contributed by atoms with Crippen molar-refractivity contribution in [2.75, 3.05) is 26.2 Å². The lowest BCUT2D eigenvalue weighted by Crippen LogP contribution is -2.45. The summed E-state index contributed by atoms with van der Waals surface area (Å²) in [6, 6.07) is 0. The fourth-order valence-electron chi connectivity index (χ4n) is 4.11. The maximum Gasteiger partial charge on any atom is 0.228 e. The van der Waals surface area contributed by atoms with Crippen molar-refractivity contribution >= 4 is 5.91 Å². The van der Waals surface area contributed by atoms with Gasteiger partial charge in [-0.15, -0.1) is 0 Å². The molecule has 0 unspecified atom stereocenters. The van der Waals surface area contributed by atoms with Crippen molar-refractivity contribution in [2.24, 2.45) is 13.0 Å². The van der Waals surface area contributed by atoms with Crippen LogP contribution >= 0.6 is 0 Å². The van der Waals surface area contributed by atoms with E-state index in [2.05, 4.69) is 16.2 Å². The van der Waals surface area contributed by atoms with Gasteiger partial charge in [0, 0.05) is 51.5 Å². The highest BCUT2D eigenvalue weighted by molar-refractivity contribution is 5.80. The number of hydrogen-bond donors (Lipinski definition) is 0. The number of fused-ring (bicyclic) bond motifs is 2. The molecule has 6 heteroatoms. The highest BCUT2D eigenvalue weighted by Gasteiger charge is 2.46. The summed E-state index contributed by atoms with van der Waals surface area (Å²) in [6.45, 7) is 4.55. The van der Waals surface area contributed by atoms with Gasteiger partial charge in [-0.05, 0) is 19.3 Å². The smallest absolute Gasteiger partial charge is 0.228 e. The number of nitrogens with zero attached hydrogens (tertiary/aromatic N) is 4. The lowest BCUT2D eigenvalue weighted by Gasteiger charge is -2.32. The van der Waals surface area contributed by atoms with Crippen molar-refractivity contribution in [1.82, 2.24) is 19.6 Å². The number of morpholine rings is 1. The van der Waals surface area contributed by atoms with Crippen LogP contribution < -0.4 is 0 Å². The highest BCUT2D eigenvalue weighted by atomic mass is 16.5. The van der Waals surface area contributed by atoms with Crippen molar-refractivity contribution in [2.45, 2.75) is 38.0 Å². The lowest BCUT2D eigenvalue weighted by molar-refractivity contribution is -0.137. The highest BCUT2D eigenvalue weighted by Crippen LogP contribution is 2.34. The second-order valence-electron chi connectivity index (χ2n) is 6.89. The average Bonchev–Trinajstić information content (AvgIpc) is 3.20. The normalized spacial score (nSPS) is 31.9. The van der Waals surface area contributed by atoms with E-state index in [1.807, 2.05) is 22.8 Å². The van der Waals surface area contributed by atoms with Gasteiger partial charge in [-0.25, -0.2) is 0 Å². The van der Waals surface area contributed by atoms with Crippen LogP contribution in [0.1, 0.15) is 24.8 Å². The Morgan fingerprint density at radius 3 is 2.91 bits per heavy atom. The minimum atomic E-state index is 0.0713. The molecule has 1 aromatic rings. The Balaban J connectivity index is 1.40. The molecule has 2 bridgehead atoms. The molecule has 6 nitrogen and oxygen atoms in total. The first-order valence-corrected chi connectivity index (χ1v) is 8.33. The van der Waals surface area contributed by atoms with Crippen LogP contribution in [0.25, 0.3) is 0 Å². The third-order valence-corrected chi connectivity index (χ3v) is 5.13. The lowest BCUT2D eigenvalue weighted by atomic mass is 9.99. The largest absolute Gasteiger partial charge is 0.371 e. The minimum Gasteiger partial charge on any atom is -0.371 e. The van der Waals surface area contributed by atoms with Crippen LogP contribution in [0, 0.1) is 5.92 Å². The minimum absolute atomic E-state index is 0.0713. The predicted octanol–water partition coefficient (Wildman–Crippen LogP) is 0.632. The first-order valence-electron chi connectivity index (χ1n) is 8.33. The maximum atomic E-state index is 12.7. The zero-order valence-corrected chi connectivity index (χ0v) is 13.1. The third kappa shape index (κ3) is 2.65. The van der Waals surface area contributed by atoms with Crippen LogP contribution in [0.15, 0.2) is 12.4 Å². The molecular weight excluding hydrogens is 280 g/mol. The molecule has 120 valence electrons. The van der Waals surface area contributed by atoms with Crippen molar-refractivity contribution < 1.29 is 9.53 Å². The fourth-order valence-corrected chi connectivity index (χ4v) is 4.11. The molecule has 0 spiro atoms. The first kappa shape index (κ1) is 14.2. The van der Waals surface area contributed by atoms with E-state index in [1.54, 1.807) is 0 Å². The SMILES string of the molecule is Cn1cc(CN2C[C@H]3C[C@H](C(=O)N4CCCC4)[C@@H](C2)O3)cn1. The average molecular weight is 304 g/mol. The molecule has 3 saturated heterocycles. The Labute approximate surface area is 131 Å². The molecule has 4 rings (SSSR count). The van der Waals surface area contributed by atoms with Gasteiger partial charge in [-0.3, -0.25) is 14.4 Å². The molecule has 3 aliphatic rings. The van der Waals surface area contributed by atoms with Gasteiger partial charge in [0.25, 0.3) is 0 Å². The Hall–Kier alpha value is -1.40. The monoisotopic (exact) mass is 304 g/mol. The van der Waals surface area contributed by atoms with Gasteiger partial charge in [0.1, 0.15) is 0 Å². The molecule has 1 aromatic heterocycles. The van der Waals surface area contributed by atoms with Crippen LogP contribution in [-0.4, -0.2) is 63.9 Å².